The summed E-state index contributed by atoms with van der Waals surface area (Å²) in [7, 11) is 1.39. The highest BCUT2D eigenvalue weighted by atomic mass is 16.5. The van der Waals surface area contributed by atoms with Crippen molar-refractivity contribution in [2.75, 3.05) is 37.0 Å². The van der Waals surface area contributed by atoms with Crippen LogP contribution in [0.15, 0.2) is 18.2 Å². The lowest BCUT2D eigenvalue weighted by molar-refractivity contribution is -0.147. The molecule has 2 aliphatic rings. The lowest BCUT2D eigenvalue weighted by Gasteiger charge is -2.31. The van der Waals surface area contributed by atoms with Gasteiger partial charge in [0.05, 0.1) is 13.2 Å². The van der Waals surface area contributed by atoms with Gasteiger partial charge in [-0.1, -0.05) is 6.07 Å². The first-order valence-corrected chi connectivity index (χ1v) is 8.63. The van der Waals surface area contributed by atoms with E-state index in [0.29, 0.717) is 19.4 Å². The molecule has 3 rings (SSSR count). The van der Waals surface area contributed by atoms with Crippen LogP contribution in [0.1, 0.15) is 18.4 Å². The molecule has 1 N–H and O–H groups in total. The largest absolute Gasteiger partial charge is 0.468 e. The van der Waals surface area contributed by atoms with E-state index in [1.54, 1.807) is 0 Å². The number of esters is 1. The van der Waals surface area contributed by atoms with Crippen molar-refractivity contribution in [1.82, 2.24) is 0 Å². The maximum absolute atomic E-state index is 12.4. The monoisotopic (exact) mass is 336 g/mol. The fourth-order valence-corrected chi connectivity index (χ4v) is 3.87. The molecule has 0 spiro atoms. The fourth-order valence-electron chi connectivity index (χ4n) is 3.87. The summed E-state index contributed by atoms with van der Waals surface area (Å²) in [5, 5.41) is 21.3. The summed E-state index contributed by atoms with van der Waals surface area (Å²) in [5.74, 6) is 2.06. The van der Waals surface area contributed by atoms with Gasteiger partial charge in [0.25, 0.3) is 6.71 Å². The third-order valence-electron chi connectivity index (χ3n) is 5.38. The first kappa shape index (κ1) is 17.2. The first-order valence-electron chi connectivity index (χ1n) is 8.63. The van der Waals surface area contributed by atoms with Gasteiger partial charge in [0.1, 0.15) is 5.41 Å². The van der Waals surface area contributed by atoms with Gasteiger partial charge in [-0.3, -0.25) is 4.79 Å². The lowest BCUT2D eigenvalue weighted by atomic mass is 9.45. The zero-order valence-electron chi connectivity index (χ0n) is 14.4. The van der Waals surface area contributed by atoms with Crippen LogP contribution in [0.3, 0.4) is 0 Å². The van der Waals surface area contributed by atoms with Crippen molar-refractivity contribution in [2.45, 2.75) is 30.9 Å². The molecule has 1 atom stereocenters. The molecule has 0 aromatic heterocycles. The van der Waals surface area contributed by atoms with Gasteiger partial charge in [0.2, 0.25) is 0 Å². The zero-order chi connectivity index (χ0) is 17.9. The average molecular weight is 336 g/mol. The number of anilines is 2. The van der Waals surface area contributed by atoms with Crippen molar-refractivity contribution in [3.63, 3.8) is 0 Å². The zero-order valence-corrected chi connectivity index (χ0v) is 14.4. The van der Waals surface area contributed by atoms with Crippen LogP contribution < -0.4 is 10.2 Å². The van der Waals surface area contributed by atoms with E-state index in [1.807, 2.05) is 12.1 Å². The van der Waals surface area contributed by atoms with Crippen molar-refractivity contribution >= 4 is 24.1 Å². The Morgan fingerprint density at radius 2 is 2.16 bits per heavy atom. The number of fused-ring (bicyclic) bond motifs is 1. The fraction of sp³-hybridized carbons (Fsp3) is 0.500. The van der Waals surface area contributed by atoms with Gasteiger partial charge in [-0.05, 0) is 36.8 Å². The van der Waals surface area contributed by atoms with Crippen LogP contribution in [0, 0.1) is 22.6 Å². The van der Waals surface area contributed by atoms with Gasteiger partial charge < -0.3 is 15.0 Å². The Labute approximate surface area is 148 Å². The SMILES string of the molecule is COC(=O)C1(CCC#N)CNc2cc(N3CCB(C#N)CC3)ccc21. The molecule has 1 saturated heterocycles. The van der Waals surface area contributed by atoms with Gasteiger partial charge in [-0.2, -0.15) is 5.26 Å². The maximum Gasteiger partial charge on any atom is 0.318 e. The predicted molar refractivity (Wildman–Crippen MR) is 96.7 cm³/mol. The van der Waals surface area contributed by atoms with Crippen LogP contribution in [-0.2, 0) is 14.9 Å². The highest BCUT2D eigenvalue weighted by Gasteiger charge is 2.46. The minimum absolute atomic E-state index is 0.154. The van der Waals surface area contributed by atoms with Crippen LogP contribution in [0.4, 0.5) is 11.4 Å². The number of nitrogens with zero attached hydrogens (tertiary/aromatic N) is 3. The average Bonchev–Trinajstić information content (AvgIpc) is 3.04. The molecule has 6 nitrogen and oxygen atoms in total. The van der Waals surface area contributed by atoms with Gasteiger partial charge >= 0.3 is 5.97 Å². The molecule has 0 saturated carbocycles. The van der Waals surface area contributed by atoms with Crippen molar-refractivity contribution in [2.24, 2.45) is 0 Å². The van der Waals surface area contributed by atoms with Crippen molar-refractivity contribution in [3.8, 4) is 12.0 Å². The number of rotatable bonds is 4. The van der Waals surface area contributed by atoms with Crippen molar-refractivity contribution in [1.29, 1.82) is 10.5 Å². The van der Waals surface area contributed by atoms with Crippen molar-refractivity contribution in [3.05, 3.63) is 23.8 Å². The van der Waals surface area contributed by atoms with E-state index < -0.39 is 5.41 Å². The topological polar surface area (TPSA) is 89.2 Å². The Morgan fingerprint density at radius 1 is 1.40 bits per heavy atom. The minimum atomic E-state index is -0.786. The number of hydrogen-bond acceptors (Lipinski definition) is 6. The van der Waals surface area contributed by atoms with Crippen LogP contribution >= 0.6 is 0 Å². The maximum atomic E-state index is 12.4. The predicted octanol–water partition coefficient (Wildman–Crippen LogP) is 2.20. The minimum Gasteiger partial charge on any atom is -0.468 e. The Morgan fingerprint density at radius 3 is 2.80 bits per heavy atom. The quantitative estimate of drug-likeness (QED) is 0.670. The summed E-state index contributed by atoms with van der Waals surface area (Å²) < 4.78 is 5.03. The first-order chi connectivity index (χ1) is 12.1. The second-order valence-electron chi connectivity index (χ2n) is 6.71. The van der Waals surface area contributed by atoms with Crippen LogP contribution in [-0.4, -0.2) is 39.4 Å². The highest BCUT2D eigenvalue weighted by Crippen LogP contribution is 2.43. The number of nitriles is 2. The van der Waals surface area contributed by atoms with E-state index in [4.69, 9.17) is 15.3 Å². The molecule has 1 fully saturated rings. The molecule has 0 amide bonds. The van der Waals surface area contributed by atoms with Gasteiger partial charge in [-0.15, -0.1) is 0 Å². The van der Waals surface area contributed by atoms with E-state index >= 15 is 0 Å². The summed E-state index contributed by atoms with van der Waals surface area (Å²) in [5.41, 5.74) is 2.16. The molecule has 7 heteroatoms. The molecule has 128 valence electrons. The highest BCUT2D eigenvalue weighted by molar-refractivity contribution is 6.67. The molecule has 2 heterocycles. The smallest absolute Gasteiger partial charge is 0.318 e. The molecule has 0 bridgehead atoms. The summed E-state index contributed by atoms with van der Waals surface area (Å²) in [4.78, 5) is 14.7. The van der Waals surface area contributed by atoms with E-state index in [-0.39, 0.29) is 12.7 Å². The molecule has 1 aromatic rings. The number of benzene rings is 1. The number of nitrogens with one attached hydrogen (secondary N) is 1. The Kier molecular flexibility index (Phi) is 4.85. The number of hydrogen-bond donors (Lipinski definition) is 1. The van der Waals surface area contributed by atoms with Crippen LogP contribution in [0.2, 0.25) is 12.6 Å². The Hall–Kier alpha value is -2.67. The van der Waals surface area contributed by atoms with Gasteiger partial charge in [0.15, 0.2) is 0 Å². The second-order valence-corrected chi connectivity index (χ2v) is 6.71. The molecule has 1 aromatic carbocycles. The molecule has 2 aliphatic heterocycles. The molecule has 1 unspecified atom stereocenters. The molecule has 25 heavy (non-hydrogen) atoms. The lowest BCUT2D eigenvalue weighted by Crippen LogP contribution is -2.39. The second kappa shape index (κ2) is 7.07. The van der Waals surface area contributed by atoms with Gasteiger partial charge in [0, 0.05) is 43.4 Å². The Bertz CT molecular complexity index is 746. The summed E-state index contributed by atoms with van der Waals surface area (Å²) in [6, 6.07) is 8.21. The van der Waals surface area contributed by atoms with E-state index in [1.165, 1.54) is 7.11 Å². The van der Waals surface area contributed by atoms with Crippen LogP contribution in [0.25, 0.3) is 0 Å². The number of methoxy groups -OCH3 is 1. The molecular formula is C18H21BN4O2. The standard InChI is InChI=1S/C18H21BN4O2/c1-25-17(24)18(5-2-8-20)12-22-16-11-14(3-4-15(16)18)23-9-6-19(13-21)7-10-23/h3-4,11,22H,2,5-7,9-10,12H2,1H3. The molecule has 0 aliphatic carbocycles. The van der Waals surface area contributed by atoms with E-state index in [0.717, 1.165) is 42.7 Å². The van der Waals surface area contributed by atoms with Crippen LogP contribution in [0.5, 0.6) is 0 Å². The van der Waals surface area contributed by atoms with E-state index in [9.17, 15) is 4.79 Å². The van der Waals surface area contributed by atoms with Gasteiger partial charge in [-0.25, -0.2) is 5.26 Å². The number of carbonyl (C=O) groups excluding carboxylic acids is 1. The third-order valence-corrected chi connectivity index (χ3v) is 5.38. The number of carbonyl (C=O) groups is 1. The van der Waals surface area contributed by atoms with E-state index in [2.05, 4.69) is 28.3 Å². The summed E-state index contributed by atoms with van der Waals surface area (Å²) in [6.07, 6.45) is 2.52. The normalized spacial score (nSPS) is 21.7. The Balaban J connectivity index is 1.86. The summed E-state index contributed by atoms with van der Waals surface area (Å²) >= 11 is 0. The number of ether oxygens (including phenoxy) is 1. The van der Waals surface area contributed by atoms with Crippen molar-refractivity contribution < 1.29 is 9.53 Å². The third kappa shape index (κ3) is 3.03. The molecular weight excluding hydrogens is 315 g/mol. The summed E-state index contributed by atoms with van der Waals surface area (Å²) in [6.45, 7) is 2.35. The molecule has 0 radical (unpaired) electrons.